The van der Waals surface area contributed by atoms with E-state index in [0.717, 1.165) is 12.3 Å². The molecule has 6 nitrogen and oxygen atoms in total. The van der Waals surface area contributed by atoms with Gasteiger partial charge in [0.25, 0.3) is 5.69 Å². The first-order chi connectivity index (χ1) is 10.4. The molecule has 0 amide bonds. The van der Waals surface area contributed by atoms with Crippen molar-refractivity contribution < 1.29 is 14.4 Å². The molecule has 1 atom stereocenters. The van der Waals surface area contributed by atoms with E-state index in [4.69, 9.17) is 11.6 Å². The van der Waals surface area contributed by atoms with Crippen molar-refractivity contribution in [3.05, 3.63) is 61.5 Å². The smallest absolute Gasteiger partial charge is 0.288 e. The molecule has 0 radical (unpaired) electrons. The Hall–Kier alpha value is -1.77. The van der Waals surface area contributed by atoms with Gasteiger partial charge < -0.3 is 10.4 Å². The average molecular weight is 391 g/mol. The SMILES string of the molecule is O=[N+]([O-])c1cnc(NCC(O)c2ccc(Cl)c(F)c2)c(Br)c1. The molecule has 0 saturated carbocycles. The summed E-state index contributed by atoms with van der Waals surface area (Å²) in [6.45, 7) is 0.0461. The lowest BCUT2D eigenvalue weighted by Gasteiger charge is -2.13. The molecule has 0 fully saturated rings. The largest absolute Gasteiger partial charge is 0.387 e. The van der Waals surface area contributed by atoms with Crippen molar-refractivity contribution in [3.63, 3.8) is 0 Å². The maximum Gasteiger partial charge on any atom is 0.288 e. The number of rotatable bonds is 5. The van der Waals surface area contributed by atoms with E-state index in [1.165, 1.54) is 18.2 Å². The highest BCUT2D eigenvalue weighted by Gasteiger charge is 2.13. The predicted molar refractivity (Wildman–Crippen MR) is 83.5 cm³/mol. The normalized spacial score (nSPS) is 12.0. The first-order valence-corrected chi connectivity index (χ1v) is 7.22. The number of hydrogen-bond donors (Lipinski definition) is 2. The Morgan fingerprint density at radius 3 is 2.82 bits per heavy atom. The van der Waals surface area contributed by atoms with Crippen LogP contribution >= 0.6 is 27.5 Å². The summed E-state index contributed by atoms with van der Waals surface area (Å²) in [7, 11) is 0. The van der Waals surface area contributed by atoms with E-state index in [1.54, 1.807) is 0 Å². The number of pyridine rings is 1. The van der Waals surface area contributed by atoms with Crippen molar-refractivity contribution in [3.8, 4) is 0 Å². The van der Waals surface area contributed by atoms with Gasteiger partial charge in [0.05, 0.1) is 20.5 Å². The van der Waals surface area contributed by atoms with Crippen LogP contribution in [-0.4, -0.2) is 21.6 Å². The Kier molecular flexibility index (Phi) is 5.28. The van der Waals surface area contributed by atoms with Crippen molar-refractivity contribution in [2.45, 2.75) is 6.10 Å². The summed E-state index contributed by atoms with van der Waals surface area (Å²) in [5.41, 5.74) is 0.199. The highest BCUT2D eigenvalue weighted by molar-refractivity contribution is 9.10. The summed E-state index contributed by atoms with van der Waals surface area (Å²) in [6.07, 6.45) is 0.109. The molecule has 0 aliphatic heterocycles. The second kappa shape index (κ2) is 6.99. The third kappa shape index (κ3) is 3.90. The van der Waals surface area contributed by atoms with Gasteiger partial charge in [-0.1, -0.05) is 17.7 Å². The molecular weight excluding hydrogens is 381 g/mol. The third-order valence-electron chi connectivity index (χ3n) is 2.83. The van der Waals surface area contributed by atoms with Gasteiger partial charge in [-0.05, 0) is 33.6 Å². The first-order valence-electron chi connectivity index (χ1n) is 6.05. The zero-order valence-electron chi connectivity index (χ0n) is 11.0. The minimum Gasteiger partial charge on any atom is -0.387 e. The molecule has 0 aliphatic rings. The van der Waals surface area contributed by atoms with Crippen LogP contribution < -0.4 is 5.32 Å². The number of benzene rings is 1. The Morgan fingerprint density at radius 2 is 2.23 bits per heavy atom. The molecule has 9 heteroatoms. The molecule has 1 heterocycles. The van der Waals surface area contributed by atoms with Gasteiger partial charge in [0.1, 0.15) is 17.8 Å². The number of aromatic nitrogens is 1. The van der Waals surface area contributed by atoms with Gasteiger partial charge in [-0.2, -0.15) is 0 Å². The van der Waals surface area contributed by atoms with Gasteiger partial charge in [0.15, 0.2) is 0 Å². The molecule has 22 heavy (non-hydrogen) atoms. The Bertz CT molecular complexity index is 717. The minimum atomic E-state index is -0.990. The highest BCUT2D eigenvalue weighted by atomic mass is 79.9. The Morgan fingerprint density at radius 1 is 1.50 bits per heavy atom. The number of halogens is 3. The van der Waals surface area contributed by atoms with Crippen molar-refractivity contribution >= 4 is 39.0 Å². The van der Waals surface area contributed by atoms with Crippen LogP contribution in [0.3, 0.4) is 0 Å². The summed E-state index contributed by atoms with van der Waals surface area (Å²) in [6, 6.07) is 5.31. The van der Waals surface area contributed by atoms with E-state index in [0.29, 0.717) is 15.9 Å². The van der Waals surface area contributed by atoms with Crippen LogP contribution in [0.1, 0.15) is 11.7 Å². The average Bonchev–Trinajstić information content (AvgIpc) is 2.48. The molecule has 2 aromatic rings. The topological polar surface area (TPSA) is 88.3 Å². The Balaban J connectivity index is 2.06. The predicted octanol–water partition coefficient (Wildman–Crippen LogP) is 3.69. The van der Waals surface area contributed by atoms with E-state index in [2.05, 4.69) is 26.2 Å². The molecule has 1 aromatic carbocycles. The number of aliphatic hydroxyl groups is 1. The monoisotopic (exact) mass is 389 g/mol. The fourth-order valence-electron chi connectivity index (χ4n) is 1.69. The molecule has 2 N–H and O–H groups in total. The molecule has 0 saturated heterocycles. The van der Waals surface area contributed by atoms with Crippen LogP contribution in [0.5, 0.6) is 0 Å². The van der Waals surface area contributed by atoms with Crippen LogP contribution in [0.15, 0.2) is 34.9 Å². The summed E-state index contributed by atoms with van der Waals surface area (Å²) >= 11 is 8.73. The summed E-state index contributed by atoms with van der Waals surface area (Å²) in [5.74, 6) is -0.285. The van der Waals surface area contributed by atoms with E-state index >= 15 is 0 Å². The van der Waals surface area contributed by atoms with Crippen molar-refractivity contribution in [1.82, 2.24) is 4.98 Å². The molecule has 1 unspecified atom stereocenters. The second-order valence-corrected chi connectivity index (χ2v) is 5.61. The molecule has 0 aliphatic carbocycles. The summed E-state index contributed by atoms with van der Waals surface area (Å²) in [4.78, 5) is 13.9. The minimum absolute atomic E-state index is 0.0244. The molecule has 0 spiro atoms. The standard InChI is InChI=1S/C13H10BrClFN3O3/c14-9-4-8(19(21)22)5-17-13(9)18-6-12(20)7-1-2-10(15)11(16)3-7/h1-5,12,20H,6H2,(H,17,18). The number of hydrogen-bond acceptors (Lipinski definition) is 5. The van der Waals surface area contributed by atoms with Crippen molar-refractivity contribution in [1.29, 1.82) is 0 Å². The summed E-state index contributed by atoms with van der Waals surface area (Å²) < 4.78 is 13.7. The van der Waals surface area contributed by atoms with Crippen LogP contribution in [0, 0.1) is 15.9 Å². The quantitative estimate of drug-likeness (QED) is 0.600. The third-order valence-corrected chi connectivity index (χ3v) is 3.74. The van der Waals surface area contributed by atoms with Crippen LogP contribution in [0.4, 0.5) is 15.9 Å². The lowest BCUT2D eigenvalue weighted by Crippen LogP contribution is -2.13. The lowest BCUT2D eigenvalue weighted by molar-refractivity contribution is -0.385. The highest BCUT2D eigenvalue weighted by Crippen LogP contribution is 2.25. The van der Waals surface area contributed by atoms with Gasteiger partial charge >= 0.3 is 0 Å². The van der Waals surface area contributed by atoms with Gasteiger partial charge in [-0.3, -0.25) is 10.1 Å². The zero-order valence-corrected chi connectivity index (χ0v) is 13.3. The number of nitro groups is 1. The van der Waals surface area contributed by atoms with Crippen molar-refractivity contribution in [2.24, 2.45) is 0 Å². The Labute approximate surface area is 138 Å². The fourth-order valence-corrected chi connectivity index (χ4v) is 2.28. The van der Waals surface area contributed by atoms with Gasteiger partial charge in [-0.15, -0.1) is 0 Å². The molecule has 0 bridgehead atoms. The molecule has 2 rings (SSSR count). The molecular formula is C13H10BrClFN3O3. The van der Waals surface area contributed by atoms with Crippen LogP contribution in [-0.2, 0) is 0 Å². The lowest BCUT2D eigenvalue weighted by atomic mass is 10.1. The maximum atomic E-state index is 13.3. The van der Waals surface area contributed by atoms with Crippen LogP contribution in [0.25, 0.3) is 0 Å². The number of nitrogens with zero attached hydrogens (tertiary/aromatic N) is 2. The van der Waals surface area contributed by atoms with Gasteiger partial charge in [0, 0.05) is 12.6 Å². The number of anilines is 1. The van der Waals surface area contributed by atoms with Crippen LogP contribution in [0.2, 0.25) is 5.02 Å². The molecule has 1 aromatic heterocycles. The zero-order chi connectivity index (χ0) is 16.3. The van der Waals surface area contributed by atoms with Gasteiger partial charge in [-0.25, -0.2) is 9.37 Å². The first kappa shape index (κ1) is 16.6. The van der Waals surface area contributed by atoms with Crippen molar-refractivity contribution in [2.75, 3.05) is 11.9 Å². The van der Waals surface area contributed by atoms with E-state index < -0.39 is 16.8 Å². The van der Waals surface area contributed by atoms with E-state index in [9.17, 15) is 19.6 Å². The summed E-state index contributed by atoms with van der Waals surface area (Å²) in [5, 5.41) is 23.4. The second-order valence-electron chi connectivity index (χ2n) is 4.35. The van der Waals surface area contributed by atoms with E-state index in [-0.39, 0.29) is 17.3 Å². The number of aliphatic hydroxyl groups excluding tert-OH is 1. The maximum absolute atomic E-state index is 13.3. The van der Waals surface area contributed by atoms with E-state index in [1.807, 2.05) is 0 Å². The molecule has 116 valence electrons. The van der Waals surface area contributed by atoms with Gasteiger partial charge in [0.2, 0.25) is 0 Å². The fraction of sp³-hybridized carbons (Fsp3) is 0.154. The number of nitrogens with one attached hydrogen (secondary N) is 1.